The molecule has 0 saturated heterocycles. The first-order valence-corrected chi connectivity index (χ1v) is 10.00. The number of hydrogen-bond acceptors (Lipinski definition) is 6. The quantitative estimate of drug-likeness (QED) is 0.356. The molecule has 4 rings (SSSR count). The molecule has 0 atom stereocenters. The van der Waals surface area contributed by atoms with Crippen LogP contribution in [0.1, 0.15) is 12.5 Å². The molecule has 0 radical (unpaired) electrons. The average Bonchev–Trinajstić information content (AvgIpc) is 3.20. The van der Waals surface area contributed by atoms with Gasteiger partial charge in [0, 0.05) is 47.6 Å². The molecule has 0 fully saturated rings. The fourth-order valence-electron chi connectivity index (χ4n) is 3.43. The first kappa shape index (κ1) is 21.5. The summed E-state index contributed by atoms with van der Waals surface area (Å²) >= 11 is 0. The summed E-state index contributed by atoms with van der Waals surface area (Å²) in [5.41, 5.74) is 4.92. The van der Waals surface area contributed by atoms with Gasteiger partial charge < -0.3 is 10.1 Å². The lowest BCUT2D eigenvalue weighted by Gasteiger charge is -2.07. The van der Waals surface area contributed by atoms with Crippen LogP contribution >= 0.6 is 0 Å². The lowest BCUT2D eigenvalue weighted by molar-refractivity contribution is -0.144. The van der Waals surface area contributed by atoms with Gasteiger partial charge in [-0.1, -0.05) is 18.7 Å². The van der Waals surface area contributed by atoms with E-state index in [9.17, 15) is 14.9 Å². The van der Waals surface area contributed by atoms with Crippen molar-refractivity contribution in [2.75, 3.05) is 5.32 Å². The van der Waals surface area contributed by atoms with Gasteiger partial charge in [0.25, 0.3) is 0 Å². The van der Waals surface area contributed by atoms with E-state index in [1.807, 2.05) is 24.4 Å². The van der Waals surface area contributed by atoms with E-state index in [1.54, 1.807) is 41.4 Å². The number of carbonyl (C=O) groups excluding carboxylic acids is 2. The number of rotatable bonds is 6. The summed E-state index contributed by atoms with van der Waals surface area (Å²) in [6, 6.07) is 13.2. The smallest absolute Gasteiger partial charge is 0.304 e. The number of nitriles is 1. The van der Waals surface area contributed by atoms with Crippen molar-refractivity contribution < 1.29 is 14.3 Å². The van der Waals surface area contributed by atoms with Gasteiger partial charge in [0.05, 0.1) is 23.5 Å². The predicted molar refractivity (Wildman–Crippen MR) is 124 cm³/mol. The van der Waals surface area contributed by atoms with Crippen LogP contribution in [-0.2, 0) is 21.1 Å². The van der Waals surface area contributed by atoms with Crippen LogP contribution in [0.5, 0.6) is 0 Å². The largest absolute Gasteiger partial charge is 0.444 e. The maximum atomic E-state index is 11.6. The summed E-state index contributed by atoms with van der Waals surface area (Å²) in [4.78, 5) is 31.8. The number of nitrogens with one attached hydrogen (secondary N) is 1. The second-order valence-electron chi connectivity index (χ2n) is 7.22. The van der Waals surface area contributed by atoms with E-state index < -0.39 is 5.97 Å². The topological polar surface area (TPSA) is 110 Å². The van der Waals surface area contributed by atoms with Crippen molar-refractivity contribution in [1.29, 1.82) is 5.26 Å². The van der Waals surface area contributed by atoms with Crippen molar-refractivity contribution >= 4 is 28.6 Å². The molecule has 0 aliphatic carbocycles. The highest BCUT2D eigenvalue weighted by Crippen LogP contribution is 2.33. The van der Waals surface area contributed by atoms with Gasteiger partial charge in [-0.15, -0.1) is 0 Å². The van der Waals surface area contributed by atoms with Crippen molar-refractivity contribution in [3.63, 3.8) is 0 Å². The van der Waals surface area contributed by atoms with E-state index in [2.05, 4.69) is 27.9 Å². The Morgan fingerprint density at radius 3 is 2.76 bits per heavy atom. The first-order valence-electron chi connectivity index (χ1n) is 10.00. The van der Waals surface area contributed by atoms with Gasteiger partial charge in [0.15, 0.2) is 6.73 Å². The fraction of sp³-hybridized carbons (Fsp3) is 0.0800. The molecular weight excluding hydrogens is 418 g/mol. The van der Waals surface area contributed by atoms with Gasteiger partial charge in [0.2, 0.25) is 5.91 Å². The van der Waals surface area contributed by atoms with Gasteiger partial charge in [-0.3, -0.25) is 19.1 Å². The Bertz CT molecular complexity index is 1430. The second kappa shape index (κ2) is 9.16. The molecule has 0 aliphatic heterocycles. The van der Waals surface area contributed by atoms with Gasteiger partial charge in [0.1, 0.15) is 5.65 Å². The SMILES string of the molecule is C=CC(=O)Nc1cncc(-c2cnc3c(c2)c(-c2cccc(C#N)c2)cn3COC(C)=O)c1. The van der Waals surface area contributed by atoms with E-state index in [-0.39, 0.29) is 12.6 Å². The van der Waals surface area contributed by atoms with Crippen molar-refractivity contribution in [1.82, 2.24) is 14.5 Å². The van der Waals surface area contributed by atoms with Crippen molar-refractivity contribution in [3.05, 3.63) is 79.4 Å². The van der Waals surface area contributed by atoms with Crippen LogP contribution in [-0.4, -0.2) is 26.4 Å². The number of hydrogen-bond donors (Lipinski definition) is 1. The van der Waals surface area contributed by atoms with Crippen LogP contribution in [0.4, 0.5) is 5.69 Å². The lowest BCUT2D eigenvalue weighted by atomic mass is 10.0. The molecule has 8 nitrogen and oxygen atoms in total. The summed E-state index contributed by atoms with van der Waals surface area (Å²) in [5, 5.41) is 12.8. The van der Waals surface area contributed by atoms with Crippen molar-refractivity contribution in [2.45, 2.75) is 13.7 Å². The second-order valence-corrected chi connectivity index (χ2v) is 7.22. The molecule has 0 bridgehead atoms. The zero-order valence-corrected chi connectivity index (χ0v) is 17.8. The van der Waals surface area contributed by atoms with Crippen molar-refractivity contribution in [2.24, 2.45) is 0 Å². The number of amides is 1. The molecule has 0 aliphatic rings. The van der Waals surface area contributed by atoms with Gasteiger partial charge in [-0.25, -0.2) is 4.98 Å². The van der Waals surface area contributed by atoms with E-state index in [0.717, 1.165) is 27.6 Å². The Hall–Kier alpha value is -4.77. The number of benzene rings is 1. The number of ether oxygens (including phenoxy) is 1. The number of fused-ring (bicyclic) bond motifs is 1. The number of nitrogens with zero attached hydrogens (tertiary/aromatic N) is 4. The highest BCUT2D eigenvalue weighted by Gasteiger charge is 2.15. The number of carbonyl (C=O) groups is 2. The average molecular weight is 437 g/mol. The molecule has 4 aromatic rings. The molecule has 0 spiro atoms. The Morgan fingerprint density at radius 2 is 2.00 bits per heavy atom. The van der Waals surface area contributed by atoms with Gasteiger partial charge in [-0.05, 0) is 35.9 Å². The molecule has 1 amide bonds. The molecule has 1 aromatic carbocycles. The predicted octanol–water partition coefficient (Wildman–Crippen LogP) is 4.28. The zero-order valence-electron chi connectivity index (χ0n) is 17.8. The standard InChI is InChI=1S/C25H19N5O3/c1-3-24(32)29-21-8-19(11-27-13-21)20-9-22-23(18-6-4-5-17(7-18)10-26)14-30(15-33-16(2)31)25(22)28-12-20/h3-9,11-14H,1,15H2,2H3,(H,29,32). The molecule has 33 heavy (non-hydrogen) atoms. The molecule has 0 saturated carbocycles. The molecule has 1 N–H and O–H groups in total. The third-order valence-electron chi connectivity index (χ3n) is 4.95. The van der Waals surface area contributed by atoms with Gasteiger partial charge in [-0.2, -0.15) is 5.26 Å². The van der Waals surface area contributed by atoms with Crippen LogP contribution in [0, 0.1) is 11.3 Å². The minimum Gasteiger partial charge on any atom is -0.444 e. The summed E-state index contributed by atoms with van der Waals surface area (Å²) in [5.74, 6) is -0.726. The molecule has 162 valence electrons. The van der Waals surface area contributed by atoms with Gasteiger partial charge >= 0.3 is 5.97 Å². The molecular formula is C25H19N5O3. The molecule has 0 unspecified atom stereocenters. The number of pyridine rings is 2. The van der Waals surface area contributed by atoms with Crippen LogP contribution in [0.25, 0.3) is 33.3 Å². The first-order chi connectivity index (χ1) is 16.0. The fourth-order valence-corrected chi connectivity index (χ4v) is 3.43. The lowest BCUT2D eigenvalue weighted by Crippen LogP contribution is -2.07. The Balaban J connectivity index is 1.84. The maximum Gasteiger partial charge on any atom is 0.304 e. The van der Waals surface area contributed by atoms with Crippen LogP contribution in [0.3, 0.4) is 0 Å². The zero-order chi connectivity index (χ0) is 23.4. The Labute approximate surface area is 189 Å². The highest BCUT2D eigenvalue weighted by molar-refractivity contribution is 5.99. The molecule has 3 heterocycles. The Kier molecular flexibility index (Phi) is 5.96. The maximum absolute atomic E-state index is 11.6. The van der Waals surface area contributed by atoms with Crippen LogP contribution in [0.2, 0.25) is 0 Å². The highest BCUT2D eigenvalue weighted by atomic mass is 16.5. The van der Waals surface area contributed by atoms with Crippen molar-refractivity contribution in [3.8, 4) is 28.3 Å². The minimum atomic E-state index is -0.397. The van der Waals surface area contributed by atoms with E-state index in [4.69, 9.17) is 4.74 Å². The van der Waals surface area contributed by atoms with E-state index in [1.165, 1.54) is 13.0 Å². The van der Waals surface area contributed by atoms with Crippen LogP contribution < -0.4 is 5.32 Å². The molecule has 8 heteroatoms. The number of aromatic nitrogens is 3. The van der Waals surface area contributed by atoms with E-state index in [0.29, 0.717) is 16.9 Å². The third-order valence-corrected chi connectivity index (χ3v) is 4.95. The third kappa shape index (κ3) is 4.62. The summed E-state index contributed by atoms with van der Waals surface area (Å²) < 4.78 is 6.93. The summed E-state index contributed by atoms with van der Waals surface area (Å²) in [6.45, 7) is 4.82. The minimum absolute atomic E-state index is 0.0146. The molecule has 3 aromatic heterocycles. The number of anilines is 1. The summed E-state index contributed by atoms with van der Waals surface area (Å²) in [6.07, 6.45) is 7.95. The normalized spacial score (nSPS) is 10.4. The summed E-state index contributed by atoms with van der Waals surface area (Å²) in [7, 11) is 0. The van der Waals surface area contributed by atoms with E-state index >= 15 is 0 Å². The van der Waals surface area contributed by atoms with Crippen LogP contribution in [0.15, 0.2) is 73.8 Å². The Morgan fingerprint density at radius 1 is 1.18 bits per heavy atom. The number of esters is 1. The monoisotopic (exact) mass is 437 g/mol.